The zero-order valence-corrected chi connectivity index (χ0v) is 9.81. The molecule has 1 unspecified atom stereocenters. The highest BCUT2D eigenvalue weighted by atomic mass is 19.1. The van der Waals surface area contributed by atoms with Crippen LogP contribution in [0.5, 0.6) is 5.75 Å². The molecule has 0 saturated heterocycles. The summed E-state index contributed by atoms with van der Waals surface area (Å²) >= 11 is 0. The van der Waals surface area contributed by atoms with E-state index >= 15 is 0 Å². The smallest absolute Gasteiger partial charge is 0.303 e. The van der Waals surface area contributed by atoms with Crippen LogP contribution in [0.15, 0.2) is 18.2 Å². The van der Waals surface area contributed by atoms with Gasteiger partial charge in [0.2, 0.25) is 0 Å². The van der Waals surface area contributed by atoms with Gasteiger partial charge in [0.1, 0.15) is 11.6 Å². The molecule has 0 aromatic heterocycles. The molecule has 0 aliphatic heterocycles. The number of aromatic hydroxyl groups is 1. The van der Waals surface area contributed by atoms with Crippen molar-refractivity contribution in [3.63, 3.8) is 0 Å². The molecule has 3 N–H and O–H groups in total. The van der Waals surface area contributed by atoms with Gasteiger partial charge in [0.15, 0.2) is 0 Å². The van der Waals surface area contributed by atoms with E-state index in [-0.39, 0.29) is 30.2 Å². The van der Waals surface area contributed by atoms with Gasteiger partial charge in [0.25, 0.3) is 5.91 Å². The van der Waals surface area contributed by atoms with Crippen LogP contribution in [-0.4, -0.2) is 28.6 Å². The topological polar surface area (TPSA) is 86.6 Å². The molecule has 98 valence electrons. The molecule has 6 heteroatoms. The Balaban J connectivity index is 2.58. The van der Waals surface area contributed by atoms with Crippen LogP contribution in [0, 0.1) is 11.7 Å². The fourth-order valence-electron chi connectivity index (χ4n) is 1.42. The van der Waals surface area contributed by atoms with Crippen LogP contribution in [0.1, 0.15) is 23.7 Å². The van der Waals surface area contributed by atoms with E-state index in [9.17, 15) is 14.0 Å². The first-order valence-electron chi connectivity index (χ1n) is 5.38. The summed E-state index contributed by atoms with van der Waals surface area (Å²) in [6, 6.07) is 3.22. The third kappa shape index (κ3) is 4.04. The molecular formula is C12H14FNO4. The number of phenols is 1. The SMILES string of the molecule is CC(CNC(=O)c1ccc(O)cc1F)CC(=O)O. The molecule has 0 spiro atoms. The summed E-state index contributed by atoms with van der Waals surface area (Å²) in [7, 11) is 0. The van der Waals surface area contributed by atoms with E-state index in [2.05, 4.69) is 5.32 Å². The summed E-state index contributed by atoms with van der Waals surface area (Å²) in [4.78, 5) is 22.0. The maximum atomic E-state index is 13.3. The third-order valence-electron chi connectivity index (χ3n) is 2.33. The van der Waals surface area contributed by atoms with Gasteiger partial charge in [-0.15, -0.1) is 0 Å². The lowest BCUT2D eigenvalue weighted by atomic mass is 10.1. The highest BCUT2D eigenvalue weighted by Crippen LogP contribution is 2.14. The molecule has 5 nitrogen and oxygen atoms in total. The number of carbonyl (C=O) groups is 2. The quantitative estimate of drug-likeness (QED) is 0.741. The molecule has 0 radical (unpaired) electrons. The van der Waals surface area contributed by atoms with Crippen molar-refractivity contribution >= 4 is 11.9 Å². The number of hydrogen-bond acceptors (Lipinski definition) is 3. The fourth-order valence-corrected chi connectivity index (χ4v) is 1.42. The number of benzene rings is 1. The van der Waals surface area contributed by atoms with E-state index in [0.29, 0.717) is 0 Å². The number of amides is 1. The summed E-state index contributed by atoms with van der Waals surface area (Å²) in [5, 5.41) is 20.0. The first kappa shape index (κ1) is 14.0. The monoisotopic (exact) mass is 255 g/mol. The number of halogens is 1. The van der Waals surface area contributed by atoms with Gasteiger partial charge in [-0.25, -0.2) is 4.39 Å². The molecule has 1 amide bonds. The lowest BCUT2D eigenvalue weighted by Gasteiger charge is -2.10. The van der Waals surface area contributed by atoms with Crippen molar-refractivity contribution in [2.75, 3.05) is 6.54 Å². The second-order valence-corrected chi connectivity index (χ2v) is 4.08. The van der Waals surface area contributed by atoms with Crippen molar-refractivity contribution in [1.82, 2.24) is 5.32 Å². The molecule has 1 aromatic carbocycles. The number of phenolic OH excluding ortho intramolecular Hbond substituents is 1. The Bertz CT molecular complexity index is 461. The average Bonchev–Trinajstić information content (AvgIpc) is 2.25. The molecule has 18 heavy (non-hydrogen) atoms. The molecule has 0 bridgehead atoms. The van der Waals surface area contributed by atoms with E-state index in [0.717, 1.165) is 6.07 Å². The Hall–Kier alpha value is -2.11. The van der Waals surface area contributed by atoms with Crippen molar-refractivity contribution in [3.05, 3.63) is 29.6 Å². The van der Waals surface area contributed by atoms with E-state index in [1.54, 1.807) is 6.92 Å². The van der Waals surface area contributed by atoms with E-state index in [1.165, 1.54) is 12.1 Å². The van der Waals surface area contributed by atoms with Crippen molar-refractivity contribution < 1.29 is 24.2 Å². The zero-order valence-electron chi connectivity index (χ0n) is 9.81. The molecule has 1 rings (SSSR count). The molecule has 0 fully saturated rings. The molecule has 0 heterocycles. The lowest BCUT2D eigenvalue weighted by Crippen LogP contribution is -2.29. The predicted molar refractivity (Wildman–Crippen MR) is 61.8 cm³/mol. The van der Waals surface area contributed by atoms with Crippen LogP contribution in [-0.2, 0) is 4.79 Å². The number of carbonyl (C=O) groups excluding carboxylic acids is 1. The van der Waals surface area contributed by atoms with E-state index in [1.807, 2.05) is 0 Å². The van der Waals surface area contributed by atoms with Crippen molar-refractivity contribution in [2.45, 2.75) is 13.3 Å². The summed E-state index contributed by atoms with van der Waals surface area (Å²) in [5.41, 5.74) is -0.185. The second-order valence-electron chi connectivity index (χ2n) is 4.08. The van der Waals surface area contributed by atoms with Crippen LogP contribution < -0.4 is 5.32 Å². The van der Waals surface area contributed by atoms with Gasteiger partial charge in [-0.1, -0.05) is 6.92 Å². The normalized spacial score (nSPS) is 11.9. The van der Waals surface area contributed by atoms with E-state index < -0.39 is 17.7 Å². The predicted octanol–water partition coefficient (Wildman–Crippen LogP) is 1.37. The molecular weight excluding hydrogens is 241 g/mol. The number of aliphatic carboxylic acids is 1. The molecule has 1 atom stereocenters. The van der Waals surface area contributed by atoms with Gasteiger partial charge in [-0.2, -0.15) is 0 Å². The average molecular weight is 255 g/mol. The van der Waals surface area contributed by atoms with Gasteiger partial charge < -0.3 is 15.5 Å². The minimum absolute atomic E-state index is 0.0711. The summed E-state index contributed by atoms with van der Waals surface area (Å²) in [5.74, 6) is -2.91. The Morgan fingerprint density at radius 3 is 2.67 bits per heavy atom. The van der Waals surface area contributed by atoms with Gasteiger partial charge in [-0.05, 0) is 18.1 Å². The van der Waals surface area contributed by atoms with Crippen LogP contribution in [0.2, 0.25) is 0 Å². The third-order valence-corrected chi connectivity index (χ3v) is 2.33. The number of nitrogens with one attached hydrogen (secondary N) is 1. The first-order valence-corrected chi connectivity index (χ1v) is 5.38. The standard InChI is InChI=1S/C12H14FNO4/c1-7(4-11(16)17)6-14-12(18)9-3-2-8(15)5-10(9)13/h2-3,5,7,15H,4,6H2,1H3,(H,14,18)(H,16,17). The van der Waals surface area contributed by atoms with Gasteiger partial charge in [0.05, 0.1) is 5.56 Å². The van der Waals surface area contributed by atoms with Crippen LogP contribution in [0.4, 0.5) is 4.39 Å². The Morgan fingerprint density at radius 2 is 2.11 bits per heavy atom. The Labute approximate surface area is 103 Å². The van der Waals surface area contributed by atoms with E-state index in [4.69, 9.17) is 10.2 Å². The molecule has 0 saturated carbocycles. The number of rotatable bonds is 5. The van der Waals surface area contributed by atoms with Crippen LogP contribution in [0.3, 0.4) is 0 Å². The van der Waals surface area contributed by atoms with Crippen molar-refractivity contribution in [3.8, 4) is 5.75 Å². The molecule has 0 aliphatic carbocycles. The molecule has 1 aromatic rings. The molecule has 0 aliphatic rings. The summed E-state index contributed by atoms with van der Waals surface area (Å²) in [6.45, 7) is 1.81. The second kappa shape index (κ2) is 6.00. The number of hydrogen-bond donors (Lipinski definition) is 3. The summed E-state index contributed by atoms with van der Waals surface area (Å²) in [6.07, 6.45) is -0.0711. The van der Waals surface area contributed by atoms with Crippen molar-refractivity contribution in [2.24, 2.45) is 5.92 Å². The highest BCUT2D eigenvalue weighted by molar-refractivity contribution is 5.94. The Kier molecular flexibility index (Phi) is 4.65. The maximum Gasteiger partial charge on any atom is 0.303 e. The first-order chi connectivity index (χ1) is 8.40. The summed E-state index contributed by atoms with van der Waals surface area (Å²) < 4.78 is 13.3. The largest absolute Gasteiger partial charge is 0.508 e. The maximum absolute atomic E-state index is 13.3. The Morgan fingerprint density at radius 1 is 1.44 bits per heavy atom. The van der Waals surface area contributed by atoms with Gasteiger partial charge in [0, 0.05) is 19.0 Å². The van der Waals surface area contributed by atoms with Crippen LogP contribution in [0.25, 0.3) is 0 Å². The number of carboxylic acid groups (broad SMARTS) is 1. The van der Waals surface area contributed by atoms with Gasteiger partial charge in [-0.3, -0.25) is 9.59 Å². The van der Waals surface area contributed by atoms with Crippen molar-refractivity contribution in [1.29, 1.82) is 0 Å². The lowest BCUT2D eigenvalue weighted by molar-refractivity contribution is -0.137. The minimum atomic E-state index is -0.951. The highest BCUT2D eigenvalue weighted by Gasteiger charge is 2.14. The number of carboxylic acids is 1. The van der Waals surface area contributed by atoms with Crippen LogP contribution >= 0.6 is 0 Å². The zero-order chi connectivity index (χ0) is 13.7. The van der Waals surface area contributed by atoms with Gasteiger partial charge >= 0.3 is 5.97 Å². The minimum Gasteiger partial charge on any atom is -0.508 e. The fraction of sp³-hybridized carbons (Fsp3) is 0.333.